The molecule has 1 heterocycles. The average molecular weight is 344 g/mol. The molecule has 0 aliphatic carbocycles. The van der Waals surface area contributed by atoms with E-state index < -0.39 is 0 Å². The van der Waals surface area contributed by atoms with Gasteiger partial charge in [0.2, 0.25) is 0 Å². The van der Waals surface area contributed by atoms with Crippen LogP contribution in [0.15, 0.2) is 28.9 Å². The third-order valence-corrected chi connectivity index (χ3v) is 4.12. The van der Waals surface area contributed by atoms with Gasteiger partial charge in [0.1, 0.15) is 0 Å². The van der Waals surface area contributed by atoms with E-state index >= 15 is 0 Å². The molecule has 0 fully saturated rings. The third-order valence-electron chi connectivity index (χ3n) is 3.10. The highest BCUT2D eigenvalue weighted by atomic mass is 79.9. The Morgan fingerprint density at radius 1 is 1.53 bits per heavy atom. The minimum atomic E-state index is -0.157. The summed E-state index contributed by atoms with van der Waals surface area (Å²) in [6.07, 6.45) is 1.78. The second kappa shape index (κ2) is 6.05. The maximum Gasteiger partial charge on any atom is 0.0890 e. The van der Waals surface area contributed by atoms with E-state index in [-0.39, 0.29) is 6.04 Å². The molecule has 102 valence electrons. The number of hydrazine groups is 1. The maximum atomic E-state index is 6.19. The van der Waals surface area contributed by atoms with E-state index in [2.05, 4.69) is 26.5 Å². The number of aryl methyl sites for hydroxylation is 2. The van der Waals surface area contributed by atoms with Gasteiger partial charge in [-0.15, -0.1) is 0 Å². The van der Waals surface area contributed by atoms with Crippen molar-refractivity contribution in [3.05, 3.63) is 50.7 Å². The van der Waals surface area contributed by atoms with Crippen molar-refractivity contribution in [1.82, 2.24) is 15.2 Å². The van der Waals surface area contributed by atoms with Gasteiger partial charge < -0.3 is 0 Å². The number of aromatic nitrogens is 2. The summed E-state index contributed by atoms with van der Waals surface area (Å²) in [7, 11) is 0. The van der Waals surface area contributed by atoms with Crippen LogP contribution in [0.4, 0.5) is 0 Å². The monoisotopic (exact) mass is 342 g/mol. The largest absolute Gasteiger partial charge is 0.271 e. The van der Waals surface area contributed by atoms with Crippen LogP contribution in [0.1, 0.15) is 29.8 Å². The quantitative estimate of drug-likeness (QED) is 0.662. The number of rotatable bonds is 4. The average Bonchev–Trinajstić information content (AvgIpc) is 2.76. The molecule has 1 unspecified atom stereocenters. The summed E-state index contributed by atoms with van der Waals surface area (Å²) in [6.45, 7) is 4.79. The van der Waals surface area contributed by atoms with E-state index in [1.165, 1.54) is 0 Å². The van der Waals surface area contributed by atoms with Crippen LogP contribution in [0.2, 0.25) is 5.02 Å². The van der Waals surface area contributed by atoms with Crippen LogP contribution in [0, 0.1) is 6.92 Å². The molecule has 0 aliphatic heterocycles. The van der Waals surface area contributed by atoms with E-state index in [4.69, 9.17) is 17.4 Å². The molecule has 3 N–H and O–H groups in total. The standard InChI is InChI=1S/C13H16BrClN4/c1-3-19-13(10(14)7-17-19)12(18-16)9-5-4-8(2)11(15)6-9/h4-7,12,18H,3,16H2,1-2H3. The van der Waals surface area contributed by atoms with E-state index in [0.717, 1.165) is 32.9 Å². The normalized spacial score (nSPS) is 12.7. The molecule has 4 nitrogen and oxygen atoms in total. The summed E-state index contributed by atoms with van der Waals surface area (Å²) in [5, 5.41) is 5.04. The zero-order valence-corrected chi connectivity index (χ0v) is 13.2. The highest BCUT2D eigenvalue weighted by molar-refractivity contribution is 9.10. The Bertz CT molecular complexity index is 582. The number of hydrogen-bond donors (Lipinski definition) is 2. The van der Waals surface area contributed by atoms with Gasteiger partial charge in [-0.1, -0.05) is 23.7 Å². The summed E-state index contributed by atoms with van der Waals surface area (Å²) < 4.78 is 2.83. The number of hydrogen-bond acceptors (Lipinski definition) is 3. The molecule has 2 aromatic rings. The van der Waals surface area contributed by atoms with Gasteiger partial charge in [0.25, 0.3) is 0 Å². The lowest BCUT2D eigenvalue weighted by molar-refractivity contribution is 0.542. The van der Waals surface area contributed by atoms with E-state index in [0.29, 0.717) is 0 Å². The number of benzene rings is 1. The summed E-state index contributed by atoms with van der Waals surface area (Å²) in [6, 6.07) is 5.78. The van der Waals surface area contributed by atoms with Crippen molar-refractivity contribution in [3.8, 4) is 0 Å². The molecular weight excluding hydrogens is 328 g/mol. The number of nitrogens with one attached hydrogen (secondary N) is 1. The van der Waals surface area contributed by atoms with Crippen molar-refractivity contribution in [1.29, 1.82) is 0 Å². The number of nitrogens with zero attached hydrogens (tertiary/aromatic N) is 2. The first-order valence-electron chi connectivity index (χ1n) is 6.01. The highest BCUT2D eigenvalue weighted by Gasteiger charge is 2.20. The Hall–Kier alpha value is -0.880. The molecular formula is C13H16BrClN4. The minimum Gasteiger partial charge on any atom is -0.271 e. The summed E-state index contributed by atoms with van der Waals surface area (Å²) in [4.78, 5) is 0. The minimum absolute atomic E-state index is 0.157. The molecule has 19 heavy (non-hydrogen) atoms. The fourth-order valence-electron chi connectivity index (χ4n) is 2.03. The Kier molecular flexibility index (Phi) is 4.62. The van der Waals surface area contributed by atoms with Crippen LogP contribution in [-0.2, 0) is 6.54 Å². The summed E-state index contributed by atoms with van der Waals surface area (Å²) in [5.74, 6) is 5.72. The first-order valence-corrected chi connectivity index (χ1v) is 7.19. The van der Waals surface area contributed by atoms with E-state index in [1.807, 2.05) is 36.7 Å². The molecule has 0 aliphatic rings. The van der Waals surface area contributed by atoms with Crippen LogP contribution in [0.5, 0.6) is 0 Å². The lowest BCUT2D eigenvalue weighted by Gasteiger charge is -2.19. The van der Waals surface area contributed by atoms with E-state index in [1.54, 1.807) is 6.20 Å². The van der Waals surface area contributed by atoms with Crippen molar-refractivity contribution in [2.24, 2.45) is 5.84 Å². The van der Waals surface area contributed by atoms with Gasteiger partial charge in [0.05, 0.1) is 22.4 Å². The fourth-order valence-corrected chi connectivity index (χ4v) is 2.75. The van der Waals surface area contributed by atoms with Crippen LogP contribution in [0.3, 0.4) is 0 Å². The van der Waals surface area contributed by atoms with Crippen molar-refractivity contribution in [2.75, 3.05) is 0 Å². The highest BCUT2D eigenvalue weighted by Crippen LogP contribution is 2.30. The zero-order valence-electron chi connectivity index (χ0n) is 10.8. The van der Waals surface area contributed by atoms with Crippen LogP contribution < -0.4 is 11.3 Å². The Morgan fingerprint density at radius 2 is 2.26 bits per heavy atom. The number of halogens is 2. The van der Waals surface area contributed by atoms with Gasteiger partial charge in [-0.25, -0.2) is 5.43 Å². The molecule has 1 aromatic carbocycles. The van der Waals surface area contributed by atoms with Gasteiger partial charge >= 0.3 is 0 Å². The Balaban J connectivity index is 2.49. The molecule has 6 heteroatoms. The molecule has 0 radical (unpaired) electrons. The second-order valence-electron chi connectivity index (χ2n) is 4.30. The van der Waals surface area contributed by atoms with Gasteiger partial charge in [-0.05, 0) is 47.0 Å². The molecule has 0 amide bonds. The number of nitrogens with two attached hydrogens (primary N) is 1. The Labute approximate surface area is 126 Å². The third kappa shape index (κ3) is 2.84. The van der Waals surface area contributed by atoms with Crippen LogP contribution in [0.25, 0.3) is 0 Å². The Morgan fingerprint density at radius 3 is 2.84 bits per heavy atom. The predicted octanol–water partition coefficient (Wildman–Crippen LogP) is 3.18. The maximum absolute atomic E-state index is 6.19. The SMILES string of the molecule is CCn1ncc(Br)c1C(NN)c1ccc(C)c(Cl)c1. The lowest BCUT2D eigenvalue weighted by Crippen LogP contribution is -2.31. The molecule has 1 atom stereocenters. The smallest absolute Gasteiger partial charge is 0.0890 e. The van der Waals surface area contributed by atoms with Crippen LogP contribution in [-0.4, -0.2) is 9.78 Å². The van der Waals surface area contributed by atoms with Gasteiger partial charge in [0, 0.05) is 11.6 Å². The van der Waals surface area contributed by atoms with Gasteiger partial charge in [-0.2, -0.15) is 5.10 Å². The van der Waals surface area contributed by atoms with Gasteiger partial charge in [-0.3, -0.25) is 10.5 Å². The molecule has 0 saturated heterocycles. The fraction of sp³-hybridized carbons (Fsp3) is 0.308. The predicted molar refractivity (Wildman–Crippen MR) is 81.0 cm³/mol. The summed E-state index contributed by atoms with van der Waals surface area (Å²) >= 11 is 9.70. The van der Waals surface area contributed by atoms with Crippen LogP contribution >= 0.6 is 27.5 Å². The molecule has 0 bridgehead atoms. The molecule has 2 rings (SSSR count). The topological polar surface area (TPSA) is 55.9 Å². The molecule has 0 spiro atoms. The van der Waals surface area contributed by atoms with E-state index in [9.17, 15) is 0 Å². The second-order valence-corrected chi connectivity index (χ2v) is 5.56. The first-order chi connectivity index (χ1) is 9.08. The zero-order chi connectivity index (χ0) is 14.0. The van der Waals surface area contributed by atoms with Crippen molar-refractivity contribution >= 4 is 27.5 Å². The van der Waals surface area contributed by atoms with Crippen molar-refractivity contribution in [2.45, 2.75) is 26.4 Å². The summed E-state index contributed by atoms with van der Waals surface area (Å²) in [5.41, 5.74) is 5.88. The lowest BCUT2D eigenvalue weighted by atomic mass is 10.0. The van der Waals surface area contributed by atoms with Crippen molar-refractivity contribution in [3.63, 3.8) is 0 Å². The van der Waals surface area contributed by atoms with Gasteiger partial charge in [0.15, 0.2) is 0 Å². The van der Waals surface area contributed by atoms with Crippen molar-refractivity contribution < 1.29 is 0 Å². The first kappa shape index (κ1) is 14.5. The molecule has 1 aromatic heterocycles. The molecule has 0 saturated carbocycles.